The van der Waals surface area contributed by atoms with Crippen LogP contribution in [0.5, 0.6) is 0 Å². The van der Waals surface area contributed by atoms with Crippen LogP contribution in [0.15, 0.2) is 47.6 Å². The topological polar surface area (TPSA) is 117 Å². The number of carbonyl (C=O) groups excluding carboxylic acids is 1. The van der Waals surface area contributed by atoms with Crippen molar-refractivity contribution >= 4 is 45.1 Å². The maximum atomic E-state index is 13.1. The molecule has 8 nitrogen and oxygen atoms in total. The number of aromatic nitrogens is 1. The number of carbonyl (C=O) groups is 2. The third kappa shape index (κ3) is 5.10. The van der Waals surface area contributed by atoms with Gasteiger partial charge in [-0.25, -0.2) is 13.2 Å². The predicted octanol–water partition coefficient (Wildman–Crippen LogP) is 2.35. The van der Waals surface area contributed by atoms with Crippen molar-refractivity contribution in [3.63, 3.8) is 0 Å². The number of carboxylic acids is 1. The Labute approximate surface area is 183 Å². The molecule has 30 heavy (non-hydrogen) atoms. The SMILES string of the molecule is O=C(O)[C@H](Cc1ccncc1)NC(=O)[C@@H]1CCCN1S(=O)(=O)c1cc(Cl)cc(Cl)c1. The molecule has 160 valence electrons. The molecule has 1 amide bonds. The van der Waals surface area contributed by atoms with Crippen LogP contribution >= 0.6 is 23.2 Å². The standard InChI is InChI=1S/C19H19Cl2N3O5S/c20-13-9-14(21)11-15(10-13)30(28,29)24-7-1-2-17(24)18(25)23-16(19(26)27)8-12-3-5-22-6-4-12/h3-6,9-11,16-17H,1-2,7-8H2,(H,23,25)(H,26,27)/t16-,17-/m0/s1. The minimum Gasteiger partial charge on any atom is -0.480 e. The number of amides is 1. The minimum atomic E-state index is -4.04. The Balaban J connectivity index is 1.79. The van der Waals surface area contributed by atoms with Gasteiger partial charge in [0.1, 0.15) is 12.1 Å². The smallest absolute Gasteiger partial charge is 0.326 e. The van der Waals surface area contributed by atoms with Crippen LogP contribution in [0.3, 0.4) is 0 Å². The fourth-order valence-corrected chi connectivity index (χ4v) is 5.71. The number of hydrogen-bond acceptors (Lipinski definition) is 5. The quantitative estimate of drug-likeness (QED) is 0.639. The first-order valence-electron chi connectivity index (χ1n) is 9.08. The van der Waals surface area contributed by atoms with Gasteiger partial charge in [0.05, 0.1) is 4.90 Å². The molecule has 0 unspecified atom stereocenters. The average molecular weight is 472 g/mol. The number of benzene rings is 1. The van der Waals surface area contributed by atoms with Crippen LogP contribution in [0.4, 0.5) is 0 Å². The maximum Gasteiger partial charge on any atom is 0.326 e. The first-order valence-corrected chi connectivity index (χ1v) is 11.3. The number of sulfonamides is 1. The molecule has 1 fully saturated rings. The summed E-state index contributed by atoms with van der Waals surface area (Å²) in [5.41, 5.74) is 0.683. The summed E-state index contributed by atoms with van der Waals surface area (Å²) in [4.78, 5) is 28.2. The van der Waals surface area contributed by atoms with Gasteiger partial charge in [-0.05, 0) is 48.7 Å². The Morgan fingerprint density at radius 2 is 1.83 bits per heavy atom. The molecule has 0 aliphatic carbocycles. The minimum absolute atomic E-state index is 0.0486. The van der Waals surface area contributed by atoms with Gasteiger partial charge >= 0.3 is 5.97 Å². The molecule has 2 N–H and O–H groups in total. The van der Waals surface area contributed by atoms with Gasteiger partial charge in [0.15, 0.2) is 0 Å². The van der Waals surface area contributed by atoms with E-state index in [0.29, 0.717) is 12.0 Å². The zero-order valence-corrected chi connectivity index (χ0v) is 18.0. The zero-order chi connectivity index (χ0) is 21.9. The largest absolute Gasteiger partial charge is 0.480 e. The van der Waals surface area contributed by atoms with Crippen molar-refractivity contribution in [3.8, 4) is 0 Å². The summed E-state index contributed by atoms with van der Waals surface area (Å²) in [7, 11) is -4.04. The van der Waals surface area contributed by atoms with Gasteiger partial charge in [-0.3, -0.25) is 9.78 Å². The van der Waals surface area contributed by atoms with E-state index in [9.17, 15) is 23.1 Å². The van der Waals surface area contributed by atoms with Crippen molar-refractivity contribution in [1.29, 1.82) is 0 Å². The van der Waals surface area contributed by atoms with Crippen molar-refractivity contribution in [2.75, 3.05) is 6.54 Å². The van der Waals surface area contributed by atoms with Gasteiger partial charge in [0, 0.05) is 35.4 Å². The first kappa shape index (κ1) is 22.5. The van der Waals surface area contributed by atoms with E-state index in [2.05, 4.69) is 10.3 Å². The molecule has 2 atom stereocenters. The van der Waals surface area contributed by atoms with Crippen molar-refractivity contribution < 1.29 is 23.1 Å². The summed E-state index contributed by atoms with van der Waals surface area (Å²) in [5.74, 6) is -1.88. The van der Waals surface area contributed by atoms with Gasteiger partial charge in [-0.1, -0.05) is 23.2 Å². The first-order chi connectivity index (χ1) is 14.2. The van der Waals surface area contributed by atoms with Crippen LogP contribution in [0.25, 0.3) is 0 Å². The Kier molecular flexibility index (Phi) is 6.97. The normalized spacial score (nSPS) is 18.1. The molecular formula is C19H19Cl2N3O5S. The van der Waals surface area contributed by atoms with Crippen LogP contribution in [-0.4, -0.2) is 53.3 Å². The summed E-state index contributed by atoms with van der Waals surface area (Å²) < 4.78 is 27.2. The van der Waals surface area contributed by atoms with Gasteiger partial charge in [-0.2, -0.15) is 4.31 Å². The highest BCUT2D eigenvalue weighted by Gasteiger charge is 2.40. The molecule has 0 spiro atoms. The fraction of sp³-hybridized carbons (Fsp3) is 0.316. The Morgan fingerprint density at radius 3 is 2.43 bits per heavy atom. The van der Waals surface area contributed by atoms with E-state index in [0.717, 1.165) is 4.31 Å². The van der Waals surface area contributed by atoms with Crippen molar-refractivity contribution in [2.45, 2.75) is 36.2 Å². The highest BCUT2D eigenvalue weighted by atomic mass is 35.5. The number of pyridine rings is 1. The summed E-state index contributed by atoms with van der Waals surface area (Å²) in [6.45, 7) is 0.132. The molecule has 0 saturated carbocycles. The monoisotopic (exact) mass is 471 g/mol. The van der Waals surface area contributed by atoms with E-state index < -0.39 is 34.0 Å². The molecule has 0 radical (unpaired) electrons. The zero-order valence-electron chi connectivity index (χ0n) is 15.7. The lowest BCUT2D eigenvalue weighted by Gasteiger charge is -2.25. The van der Waals surface area contributed by atoms with Gasteiger partial charge in [0.25, 0.3) is 0 Å². The lowest BCUT2D eigenvalue weighted by atomic mass is 10.1. The number of aliphatic carboxylic acids is 1. The second-order valence-electron chi connectivity index (χ2n) is 6.84. The third-order valence-corrected chi connectivity index (χ3v) is 7.08. The number of carboxylic acid groups (broad SMARTS) is 1. The molecule has 1 aliphatic rings. The molecule has 1 aliphatic heterocycles. The average Bonchev–Trinajstić information content (AvgIpc) is 3.18. The van der Waals surface area contributed by atoms with Crippen LogP contribution < -0.4 is 5.32 Å². The molecule has 1 aromatic carbocycles. The highest BCUT2D eigenvalue weighted by Crippen LogP contribution is 2.29. The van der Waals surface area contributed by atoms with Crippen LogP contribution in [0.2, 0.25) is 10.0 Å². The van der Waals surface area contributed by atoms with Crippen molar-refractivity contribution in [1.82, 2.24) is 14.6 Å². The molecule has 2 heterocycles. The lowest BCUT2D eigenvalue weighted by molar-refractivity contribution is -0.142. The number of hydrogen-bond donors (Lipinski definition) is 2. The second kappa shape index (κ2) is 9.30. The molecule has 2 aromatic rings. The summed E-state index contributed by atoms with van der Waals surface area (Å²) >= 11 is 11.9. The van der Waals surface area contributed by atoms with Crippen molar-refractivity contribution in [2.24, 2.45) is 0 Å². The van der Waals surface area contributed by atoms with E-state index in [1.165, 1.54) is 30.6 Å². The Hall–Kier alpha value is -2.20. The van der Waals surface area contributed by atoms with Crippen LogP contribution in [0, 0.1) is 0 Å². The van der Waals surface area contributed by atoms with Crippen LogP contribution in [-0.2, 0) is 26.0 Å². The molecular weight excluding hydrogens is 453 g/mol. The molecule has 3 rings (SSSR count). The maximum absolute atomic E-state index is 13.1. The summed E-state index contributed by atoms with van der Waals surface area (Å²) in [6, 6.07) is 5.01. The third-order valence-electron chi connectivity index (χ3n) is 4.75. The molecule has 0 bridgehead atoms. The Bertz CT molecular complexity index is 1030. The predicted molar refractivity (Wildman–Crippen MR) is 111 cm³/mol. The Morgan fingerprint density at radius 1 is 1.20 bits per heavy atom. The number of rotatable bonds is 7. The lowest BCUT2D eigenvalue weighted by Crippen LogP contribution is -2.51. The molecule has 1 saturated heterocycles. The van der Waals surface area contributed by atoms with Gasteiger partial charge < -0.3 is 10.4 Å². The van der Waals surface area contributed by atoms with Crippen molar-refractivity contribution in [3.05, 3.63) is 58.3 Å². The molecule has 1 aromatic heterocycles. The highest BCUT2D eigenvalue weighted by molar-refractivity contribution is 7.89. The fourth-order valence-electron chi connectivity index (χ4n) is 3.33. The summed E-state index contributed by atoms with van der Waals surface area (Å²) in [5, 5.41) is 12.3. The van der Waals surface area contributed by atoms with E-state index in [1.807, 2.05) is 0 Å². The van der Waals surface area contributed by atoms with E-state index in [1.54, 1.807) is 12.1 Å². The number of nitrogens with zero attached hydrogens (tertiary/aromatic N) is 2. The van der Waals surface area contributed by atoms with Crippen LogP contribution in [0.1, 0.15) is 18.4 Å². The molecule has 11 heteroatoms. The van der Waals surface area contributed by atoms with E-state index in [4.69, 9.17) is 23.2 Å². The van der Waals surface area contributed by atoms with Gasteiger partial charge in [0.2, 0.25) is 15.9 Å². The van der Waals surface area contributed by atoms with E-state index >= 15 is 0 Å². The van der Waals surface area contributed by atoms with Gasteiger partial charge in [-0.15, -0.1) is 0 Å². The number of halogens is 2. The second-order valence-corrected chi connectivity index (χ2v) is 9.60. The summed E-state index contributed by atoms with van der Waals surface area (Å²) in [6.07, 6.45) is 3.84. The van der Waals surface area contributed by atoms with E-state index in [-0.39, 0.29) is 34.3 Å². The number of nitrogens with one attached hydrogen (secondary N) is 1.